The molecular weight excluding hydrogens is 326 g/mol. The van der Waals surface area contributed by atoms with Crippen LogP contribution in [-0.2, 0) is 9.59 Å². The molecule has 1 aliphatic rings. The van der Waals surface area contributed by atoms with E-state index in [9.17, 15) is 9.59 Å². The van der Waals surface area contributed by atoms with Crippen molar-refractivity contribution in [3.05, 3.63) is 29.3 Å². The van der Waals surface area contributed by atoms with E-state index in [1.165, 1.54) is 0 Å². The van der Waals surface area contributed by atoms with Crippen molar-refractivity contribution < 1.29 is 9.59 Å². The van der Waals surface area contributed by atoms with Crippen molar-refractivity contribution in [2.45, 2.75) is 20.3 Å². The summed E-state index contributed by atoms with van der Waals surface area (Å²) in [6.07, 6.45) is 0.227. The molecule has 5 nitrogen and oxygen atoms in total. The van der Waals surface area contributed by atoms with Crippen LogP contribution in [-0.4, -0.2) is 50.4 Å². The molecule has 0 bridgehead atoms. The zero-order chi connectivity index (χ0) is 17.9. The lowest BCUT2D eigenvalue weighted by molar-refractivity contribution is -0.126. The quantitative estimate of drug-likeness (QED) is 0.856. The van der Waals surface area contributed by atoms with E-state index in [-0.39, 0.29) is 29.6 Å². The molecule has 132 valence electrons. The molecule has 1 N–H and O–H groups in total. The van der Waals surface area contributed by atoms with Crippen molar-refractivity contribution in [2.75, 3.05) is 38.6 Å². The van der Waals surface area contributed by atoms with Crippen LogP contribution in [0.4, 0.5) is 5.69 Å². The summed E-state index contributed by atoms with van der Waals surface area (Å²) in [4.78, 5) is 28.4. The Bertz CT molecular complexity index is 616. The van der Waals surface area contributed by atoms with E-state index in [0.717, 1.165) is 6.54 Å². The minimum absolute atomic E-state index is 0.0236. The molecule has 24 heavy (non-hydrogen) atoms. The van der Waals surface area contributed by atoms with Gasteiger partial charge in [-0.1, -0.05) is 37.6 Å². The highest BCUT2D eigenvalue weighted by Crippen LogP contribution is 2.31. The van der Waals surface area contributed by atoms with Crippen molar-refractivity contribution in [2.24, 2.45) is 11.3 Å². The minimum atomic E-state index is -0.330. The molecule has 0 aromatic heterocycles. The van der Waals surface area contributed by atoms with Crippen LogP contribution in [0, 0.1) is 11.3 Å². The van der Waals surface area contributed by atoms with Gasteiger partial charge in [-0.15, -0.1) is 0 Å². The highest BCUT2D eigenvalue weighted by atomic mass is 35.5. The summed E-state index contributed by atoms with van der Waals surface area (Å²) in [6, 6.07) is 7.22. The number of amides is 2. The second-order valence-corrected chi connectivity index (χ2v) is 7.88. The third kappa shape index (κ3) is 4.71. The van der Waals surface area contributed by atoms with Crippen molar-refractivity contribution in [3.8, 4) is 0 Å². The predicted octanol–water partition coefficient (Wildman–Crippen LogP) is 2.40. The fourth-order valence-corrected chi connectivity index (χ4v) is 3.41. The molecule has 1 unspecified atom stereocenters. The number of anilines is 1. The van der Waals surface area contributed by atoms with Gasteiger partial charge in [-0.05, 0) is 31.6 Å². The van der Waals surface area contributed by atoms with Crippen LogP contribution in [0.2, 0.25) is 5.02 Å². The van der Waals surface area contributed by atoms with Gasteiger partial charge in [0, 0.05) is 26.1 Å². The maximum Gasteiger partial charge on any atom is 0.227 e. The maximum absolute atomic E-state index is 12.4. The van der Waals surface area contributed by atoms with Crippen molar-refractivity contribution >= 4 is 29.1 Å². The van der Waals surface area contributed by atoms with Crippen molar-refractivity contribution in [1.29, 1.82) is 0 Å². The van der Waals surface area contributed by atoms with Gasteiger partial charge in [0.15, 0.2) is 0 Å². The molecule has 1 atom stereocenters. The largest absolute Gasteiger partial charge is 0.355 e. The molecule has 2 rings (SSSR count). The zero-order valence-electron chi connectivity index (χ0n) is 14.8. The average molecular weight is 352 g/mol. The van der Waals surface area contributed by atoms with E-state index in [2.05, 4.69) is 24.1 Å². The first-order chi connectivity index (χ1) is 11.2. The normalized spacial score (nSPS) is 18.3. The highest BCUT2D eigenvalue weighted by molar-refractivity contribution is 6.33. The van der Waals surface area contributed by atoms with Gasteiger partial charge in [0.1, 0.15) is 0 Å². The van der Waals surface area contributed by atoms with Gasteiger partial charge in [-0.2, -0.15) is 0 Å². The topological polar surface area (TPSA) is 52.7 Å². The molecule has 0 aliphatic carbocycles. The first-order valence-corrected chi connectivity index (χ1v) is 8.55. The van der Waals surface area contributed by atoms with E-state index in [0.29, 0.717) is 23.8 Å². The molecule has 0 radical (unpaired) electrons. The minimum Gasteiger partial charge on any atom is -0.355 e. The Kier molecular flexibility index (Phi) is 5.88. The molecule has 1 aromatic rings. The molecule has 6 heteroatoms. The van der Waals surface area contributed by atoms with Crippen LogP contribution in [0.3, 0.4) is 0 Å². The summed E-state index contributed by atoms with van der Waals surface area (Å²) in [5, 5.41) is 3.53. The smallest absolute Gasteiger partial charge is 0.227 e. The monoisotopic (exact) mass is 351 g/mol. The summed E-state index contributed by atoms with van der Waals surface area (Å²) in [5.74, 6) is -0.454. The summed E-state index contributed by atoms with van der Waals surface area (Å²) in [7, 11) is 4.03. The number of para-hydroxylation sites is 1. The fraction of sp³-hybridized carbons (Fsp3) is 0.556. The molecule has 1 fully saturated rings. The van der Waals surface area contributed by atoms with Crippen molar-refractivity contribution in [3.63, 3.8) is 0 Å². The maximum atomic E-state index is 12.4. The van der Waals surface area contributed by atoms with Crippen molar-refractivity contribution in [1.82, 2.24) is 10.2 Å². The molecule has 2 amide bonds. The lowest BCUT2D eigenvalue weighted by Crippen LogP contribution is -2.42. The number of carbonyl (C=O) groups is 2. The summed E-state index contributed by atoms with van der Waals surface area (Å²) >= 11 is 6.17. The van der Waals surface area contributed by atoms with Gasteiger partial charge in [0.25, 0.3) is 0 Å². The third-order valence-corrected chi connectivity index (χ3v) is 4.44. The summed E-state index contributed by atoms with van der Waals surface area (Å²) in [5.41, 5.74) is 0.650. The van der Waals surface area contributed by atoms with Crippen LogP contribution >= 0.6 is 11.6 Å². The number of nitrogens with one attached hydrogen (secondary N) is 1. The molecule has 0 saturated carbocycles. The second kappa shape index (κ2) is 7.53. The molecule has 1 aliphatic heterocycles. The van der Waals surface area contributed by atoms with Crippen LogP contribution in [0.25, 0.3) is 0 Å². The van der Waals surface area contributed by atoms with Crippen LogP contribution in [0.5, 0.6) is 0 Å². The van der Waals surface area contributed by atoms with E-state index in [1.807, 2.05) is 26.2 Å². The third-order valence-electron chi connectivity index (χ3n) is 4.12. The van der Waals surface area contributed by atoms with Crippen LogP contribution in [0.15, 0.2) is 24.3 Å². The van der Waals surface area contributed by atoms with Gasteiger partial charge in [0.05, 0.1) is 16.6 Å². The Hall–Kier alpha value is -1.59. The Morgan fingerprint density at radius 3 is 2.67 bits per heavy atom. The molecule has 1 aromatic carbocycles. The molecule has 0 spiro atoms. The number of benzene rings is 1. The zero-order valence-corrected chi connectivity index (χ0v) is 15.6. The Morgan fingerprint density at radius 2 is 2.04 bits per heavy atom. The van der Waals surface area contributed by atoms with Gasteiger partial charge in [-0.3, -0.25) is 9.59 Å². The van der Waals surface area contributed by atoms with Gasteiger partial charge in [-0.25, -0.2) is 0 Å². The molecular formula is C18H26ClN3O2. The first kappa shape index (κ1) is 18.7. The SMILES string of the molecule is CN(C)CC(C)(C)CNC(=O)C1CC(=O)N(c2ccccc2Cl)C1. The van der Waals surface area contributed by atoms with E-state index in [1.54, 1.807) is 17.0 Å². The van der Waals surface area contributed by atoms with E-state index < -0.39 is 0 Å². The Morgan fingerprint density at radius 1 is 1.38 bits per heavy atom. The number of hydrogen-bond acceptors (Lipinski definition) is 3. The fourth-order valence-electron chi connectivity index (χ4n) is 3.17. The first-order valence-electron chi connectivity index (χ1n) is 8.17. The van der Waals surface area contributed by atoms with Crippen LogP contribution in [0.1, 0.15) is 20.3 Å². The van der Waals surface area contributed by atoms with E-state index in [4.69, 9.17) is 11.6 Å². The number of rotatable bonds is 6. The molecule has 1 heterocycles. The number of carbonyl (C=O) groups excluding carboxylic acids is 2. The second-order valence-electron chi connectivity index (χ2n) is 7.48. The van der Waals surface area contributed by atoms with Gasteiger partial charge >= 0.3 is 0 Å². The highest BCUT2D eigenvalue weighted by Gasteiger charge is 2.36. The van der Waals surface area contributed by atoms with E-state index >= 15 is 0 Å². The van der Waals surface area contributed by atoms with Gasteiger partial charge in [0.2, 0.25) is 11.8 Å². The summed E-state index contributed by atoms with van der Waals surface area (Å²) < 4.78 is 0. The predicted molar refractivity (Wildman–Crippen MR) is 97.3 cm³/mol. The number of nitrogens with zero attached hydrogens (tertiary/aromatic N) is 2. The standard InChI is InChI=1S/C18H26ClN3O2/c1-18(2,12-21(3)4)11-20-17(24)13-9-16(23)22(10-13)15-8-6-5-7-14(15)19/h5-8,13H,9-12H2,1-4H3,(H,20,24). The Balaban J connectivity index is 1.96. The van der Waals surface area contributed by atoms with Crippen LogP contribution < -0.4 is 10.2 Å². The lowest BCUT2D eigenvalue weighted by Gasteiger charge is -2.29. The van der Waals surface area contributed by atoms with Gasteiger partial charge < -0.3 is 15.1 Å². The Labute approximate surface area is 149 Å². The average Bonchev–Trinajstić information content (AvgIpc) is 2.86. The number of hydrogen-bond donors (Lipinski definition) is 1. The lowest BCUT2D eigenvalue weighted by atomic mass is 9.92. The number of halogens is 1. The summed E-state index contributed by atoms with van der Waals surface area (Å²) in [6.45, 7) is 6.07. The molecule has 1 saturated heterocycles.